The molecule has 8 nitrogen and oxygen atoms in total. The first-order valence-electron chi connectivity index (χ1n) is 10.7. The zero-order valence-corrected chi connectivity index (χ0v) is 20.4. The number of nitrogens with one attached hydrogen (secondary N) is 1. The molecule has 1 aromatic carbocycles. The van der Waals surface area contributed by atoms with E-state index in [0.717, 1.165) is 16.7 Å². The van der Waals surface area contributed by atoms with Gasteiger partial charge in [-0.2, -0.15) is 4.31 Å². The Kier molecular flexibility index (Phi) is 6.78. The van der Waals surface area contributed by atoms with E-state index < -0.39 is 15.9 Å². The summed E-state index contributed by atoms with van der Waals surface area (Å²) < 4.78 is 33.9. The van der Waals surface area contributed by atoms with Gasteiger partial charge in [0, 0.05) is 24.7 Å². The minimum atomic E-state index is -3.90. The quantitative estimate of drug-likeness (QED) is 0.558. The van der Waals surface area contributed by atoms with Crippen molar-refractivity contribution in [1.29, 1.82) is 0 Å². The molecule has 0 spiro atoms. The van der Waals surface area contributed by atoms with Crippen LogP contribution >= 0.6 is 11.3 Å². The summed E-state index contributed by atoms with van der Waals surface area (Å²) in [5, 5.41) is 8.97. The van der Waals surface area contributed by atoms with Crippen molar-refractivity contribution in [3.05, 3.63) is 57.9 Å². The van der Waals surface area contributed by atoms with E-state index in [1.54, 1.807) is 24.6 Å². The Hall–Kier alpha value is -2.82. The molecule has 0 aliphatic carbocycles. The Balaban J connectivity index is 1.57. The maximum absolute atomic E-state index is 13.6. The molecule has 1 N–H and O–H groups in total. The summed E-state index contributed by atoms with van der Waals surface area (Å²) >= 11 is 1.33. The highest BCUT2D eigenvalue weighted by Gasteiger charge is 2.37. The molecular weight excluding hydrogens is 460 g/mol. The minimum Gasteiger partial charge on any atom is -0.355 e. The molecule has 1 atom stereocenters. The van der Waals surface area contributed by atoms with Crippen molar-refractivity contribution in [2.45, 2.75) is 38.5 Å². The Morgan fingerprint density at radius 2 is 2.09 bits per heavy atom. The number of benzene rings is 1. The highest BCUT2D eigenvalue weighted by Crippen LogP contribution is 2.30. The topological polar surface area (TPSA) is 105 Å². The fourth-order valence-electron chi connectivity index (χ4n) is 3.90. The Morgan fingerprint density at radius 1 is 1.27 bits per heavy atom. The van der Waals surface area contributed by atoms with E-state index in [4.69, 9.17) is 4.52 Å². The van der Waals surface area contributed by atoms with Gasteiger partial charge in [-0.15, -0.1) is 11.3 Å². The van der Waals surface area contributed by atoms with Gasteiger partial charge in [0.15, 0.2) is 15.8 Å². The SMILES string of the molecule is Cc1ccc(C)c(/C=C/c2onc(C)c2S(=O)(=O)N2CCC[C@H](C(=O)Nc3nccs3)C2)c1. The number of anilines is 1. The summed E-state index contributed by atoms with van der Waals surface area (Å²) in [5.41, 5.74) is 3.45. The van der Waals surface area contributed by atoms with Crippen LogP contribution in [0.3, 0.4) is 0 Å². The molecule has 1 saturated heterocycles. The fourth-order valence-corrected chi connectivity index (χ4v) is 6.21. The van der Waals surface area contributed by atoms with Crippen molar-refractivity contribution >= 4 is 44.6 Å². The van der Waals surface area contributed by atoms with Crippen LogP contribution in [0.1, 0.15) is 41.0 Å². The second-order valence-corrected chi connectivity index (χ2v) is 11.0. The number of rotatable bonds is 6. The van der Waals surface area contributed by atoms with Gasteiger partial charge >= 0.3 is 0 Å². The van der Waals surface area contributed by atoms with E-state index in [9.17, 15) is 13.2 Å². The lowest BCUT2D eigenvalue weighted by molar-refractivity contribution is -0.120. The molecule has 1 fully saturated rings. The van der Waals surface area contributed by atoms with Gasteiger partial charge in [0.25, 0.3) is 0 Å². The fraction of sp³-hybridized carbons (Fsp3) is 0.348. The third-order valence-corrected chi connectivity index (χ3v) is 8.41. The van der Waals surface area contributed by atoms with Gasteiger partial charge in [-0.3, -0.25) is 4.79 Å². The van der Waals surface area contributed by atoms with E-state index in [-0.39, 0.29) is 23.1 Å². The number of thiazole rings is 1. The summed E-state index contributed by atoms with van der Waals surface area (Å²) in [6.07, 6.45) is 6.30. The Labute approximate surface area is 197 Å². The minimum absolute atomic E-state index is 0.0463. The van der Waals surface area contributed by atoms with Gasteiger partial charge < -0.3 is 9.84 Å². The van der Waals surface area contributed by atoms with Gasteiger partial charge in [0.2, 0.25) is 15.9 Å². The molecule has 0 radical (unpaired) electrons. The van der Waals surface area contributed by atoms with Crippen molar-refractivity contribution in [2.75, 3.05) is 18.4 Å². The number of hydrogen-bond acceptors (Lipinski definition) is 7. The monoisotopic (exact) mass is 486 g/mol. The molecule has 0 saturated carbocycles. The first kappa shape index (κ1) is 23.3. The van der Waals surface area contributed by atoms with Crippen LogP contribution < -0.4 is 5.32 Å². The third kappa shape index (κ3) is 5.07. The number of hydrogen-bond donors (Lipinski definition) is 1. The van der Waals surface area contributed by atoms with Crippen LogP contribution in [-0.4, -0.2) is 41.9 Å². The maximum atomic E-state index is 13.6. The van der Waals surface area contributed by atoms with Crippen molar-refractivity contribution in [3.8, 4) is 0 Å². The summed E-state index contributed by atoms with van der Waals surface area (Å²) in [6, 6.07) is 6.07. The van der Waals surface area contributed by atoms with Crippen LogP contribution in [-0.2, 0) is 14.8 Å². The second-order valence-electron chi connectivity index (χ2n) is 8.18. The normalized spacial score (nSPS) is 17.5. The predicted octanol–water partition coefficient (Wildman–Crippen LogP) is 4.27. The number of aryl methyl sites for hydroxylation is 3. The molecule has 2 aromatic heterocycles. The molecule has 1 aliphatic heterocycles. The third-order valence-electron chi connectivity index (χ3n) is 5.70. The molecule has 4 rings (SSSR count). The van der Waals surface area contributed by atoms with E-state index in [1.165, 1.54) is 15.6 Å². The summed E-state index contributed by atoms with van der Waals surface area (Å²) in [5.74, 6) is -0.490. The standard InChI is InChI=1S/C23H26N4O4S2/c1-15-6-7-16(2)18(13-15)8-9-20-21(17(3)26-31-20)33(29,30)27-11-4-5-19(14-27)22(28)25-23-24-10-12-32-23/h6-10,12-13,19H,4-5,11,14H2,1-3H3,(H,24,25,28)/b9-8+/t19-/m0/s1. The molecule has 1 amide bonds. The smallest absolute Gasteiger partial charge is 0.248 e. The number of carbonyl (C=O) groups is 1. The summed E-state index contributed by atoms with van der Waals surface area (Å²) in [6.45, 7) is 6.05. The highest BCUT2D eigenvalue weighted by atomic mass is 32.2. The number of nitrogens with zero attached hydrogens (tertiary/aromatic N) is 3. The molecule has 3 aromatic rings. The average molecular weight is 487 g/mol. The van der Waals surface area contributed by atoms with Gasteiger partial charge in [-0.1, -0.05) is 35.0 Å². The largest absolute Gasteiger partial charge is 0.355 e. The van der Waals surface area contributed by atoms with Crippen LogP contribution in [0.4, 0.5) is 5.13 Å². The molecule has 3 heterocycles. The van der Waals surface area contributed by atoms with Crippen molar-refractivity contribution in [2.24, 2.45) is 5.92 Å². The molecule has 0 unspecified atom stereocenters. The van der Waals surface area contributed by atoms with Gasteiger partial charge in [-0.25, -0.2) is 13.4 Å². The molecule has 0 bridgehead atoms. The first-order chi connectivity index (χ1) is 15.8. The number of carbonyl (C=O) groups excluding carboxylic acids is 1. The summed E-state index contributed by atoms with van der Waals surface area (Å²) in [4.78, 5) is 16.8. The Bertz CT molecular complexity index is 1280. The van der Waals surface area contributed by atoms with Gasteiger partial charge in [-0.05, 0) is 50.8 Å². The van der Waals surface area contributed by atoms with Crippen molar-refractivity contribution < 1.29 is 17.7 Å². The second kappa shape index (κ2) is 9.58. The number of sulfonamides is 1. The van der Waals surface area contributed by atoms with Crippen molar-refractivity contribution in [1.82, 2.24) is 14.4 Å². The molecule has 174 valence electrons. The lowest BCUT2D eigenvalue weighted by Crippen LogP contribution is -2.43. The highest BCUT2D eigenvalue weighted by molar-refractivity contribution is 7.89. The molecular formula is C23H26N4O4S2. The molecule has 33 heavy (non-hydrogen) atoms. The van der Waals surface area contributed by atoms with E-state index in [0.29, 0.717) is 30.2 Å². The van der Waals surface area contributed by atoms with Gasteiger partial charge in [0.05, 0.1) is 5.92 Å². The lowest BCUT2D eigenvalue weighted by atomic mass is 9.99. The zero-order valence-electron chi connectivity index (χ0n) is 18.7. The van der Waals surface area contributed by atoms with E-state index in [1.807, 2.05) is 38.1 Å². The van der Waals surface area contributed by atoms with E-state index >= 15 is 0 Å². The number of piperidine rings is 1. The predicted molar refractivity (Wildman–Crippen MR) is 128 cm³/mol. The van der Waals surface area contributed by atoms with Crippen molar-refractivity contribution in [3.63, 3.8) is 0 Å². The lowest BCUT2D eigenvalue weighted by Gasteiger charge is -2.30. The van der Waals surface area contributed by atoms with Crippen LogP contribution in [0.25, 0.3) is 12.2 Å². The van der Waals surface area contributed by atoms with Crippen LogP contribution in [0, 0.1) is 26.7 Å². The number of amides is 1. The van der Waals surface area contributed by atoms with E-state index in [2.05, 4.69) is 15.5 Å². The zero-order chi connectivity index (χ0) is 23.6. The van der Waals surface area contributed by atoms with Crippen LogP contribution in [0.15, 0.2) is 39.2 Å². The summed E-state index contributed by atoms with van der Waals surface area (Å²) in [7, 11) is -3.90. The number of aromatic nitrogens is 2. The van der Waals surface area contributed by atoms with Gasteiger partial charge in [0.1, 0.15) is 5.69 Å². The van der Waals surface area contributed by atoms with Crippen LogP contribution in [0.5, 0.6) is 0 Å². The van der Waals surface area contributed by atoms with Crippen LogP contribution in [0.2, 0.25) is 0 Å². The maximum Gasteiger partial charge on any atom is 0.248 e. The molecule has 1 aliphatic rings. The Morgan fingerprint density at radius 3 is 2.85 bits per heavy atom. The average Bonchev–Trinajstić information content (AvgIpc) is 3.44. The molecule has 10 heteroatoms. The first-order valence-corrected chi connectivity index (χ1v) is 13.0.